The molecule has 1 aromatic rings. The maximum Gasteiger partial charge on any atom is 0.326 e. The molecule has 0 aromatic heterocycles. The number of amides is 2. The van der Waals surface area contributed by atoms with Crippen molar-refractivity contribution in [3.8, 4) is 0 Å². The van der Waals surface area contributed by atoms with E-state index in [0.29, 0.717) is 19.3 Å². The number of aliphatic carboxylic acids is 1. The van der Waals surface area contributed by atoms with Crippen LogP contribution < -0.4 is 10.6 Å². The van der Waals surface area contributed by atoms with Gasteiger partial charge in [-0.25, -0.2) is 4.79 Å². The fraction of sp³-hybridized carbons (Fsp3) is 0.421. The number of carbonyl (C=O) groups is 3. The fourth-order valence-corrected chi connectivity index (χ4v) is 2.36. The number of unbranched alkanes of at least 4 members (excludes halogenated alkanes) is 1. The molecule has 6 nitrogen and oxygen atoms in total. The summed E-state index contributed by atoms with van der Waals surface area (Å²) in [6, 6.07) is 8.43. The molecule has 2 amide bonds. The molecule has 3 N–H and O–H groups in total. The minimum absolute atomic E-state index is 0.0159. The third-order valence-electron chi connectivity index (χ3n) is 3.79. The highest BCUT2D eigenvalue weighted by molar-refractivity contribution is 5.87. The number of carboxylic acids is 1. The van der Waals surface area contributed by atoms with Crippen molar-refractivity contribution in [2.75, 3.05) is 0 Å². The number of benzene rings is 1. The Hall–Kier alpha value is -2.63. The third kappa shape index (κ3) is 8.15. The van der Waals surface area contributed by atoms with E-state index in [1.807, 2.05) is 37.3 Å². The molecule has 0 aliphatic carbocycles. The van der Waals surface area contributed by atoms with Gasteiger partial charge < -0.3 is 15.7 Å². The minimum atomic E-state index is -1.07. The minimum Gasteiger partial charge on any atom is -0.480 e. The topological polar surface area (TPSA) is 95.5 Å². The number of carbonyl (C=O) groups excluding carboxylic acids is 2. The first-order chi connectivity index (χ1) is 11.9. The first-order valence-corrected chi connectivity index (χ1v) is 8.41. The van der Waals surface area contributed by atoms with Crippen LogP contribution in [0.5, 0.6) is 0 Å². The summed E-state index contributed by atoms with van der Waals surface area (Å²) in [5.74, 6) is -1.75. The maximum atomic E-state index is 11.9. The predicted molar refractivity (Wildman–Crippen MR) is 95.8 cm³/mol. The first-order valence-electron chi connectivity index (χ1n) is 8.41. The van der Waals surface area contributed by atoms with Gasteiger partial charge in [-0.1, -0.05) is 36.4 Å². The van der Waals surface area contributed by atoms with Crippen molar-refractivity contribution in [2.45, 2.75) is 51.1 Å². The molecular weight excluding hydrogens is 320 g/mol. The molecule has 0 unspecified atom stereocenters. The van der Waals surface area contributed by atoms with Gasteiger partial charge in [0, 0.05) is 12.8 Å². The molecule has 0 heterocycles. The van der Waals surface area contributed by atoms with Gasteiger partial charge in [0.25, 0.3) is 0 Å². The van der Waals surface area contributed by atoms with Crippen LogP contribution in [0.15, 0.2) is 43.0 Å². The van der Waals surface area contributed by atoms with E-state index in [0.717, 1.165) is 5.56 Å². The Labute approximate surface area is 148 Å². The first kappa shape index (κ1) is 20.4. The molecule has 0 bridgehead atoms. The van der Waals surface area contributed by atoms with E-state index >= 15 is 0 Å². The molecule has 0 saturated heterocycles. The van der Waals surface area contributed by atoms with Gasteiger partial charge >= 0.3 is 5.97 Å². The Bertz CT molecular complexity index is 586. The van der Waals surface area contributed by atoms with E-state index in [2.05, 4.69) is 17.2 Å². The number of hydrogen-bond acceptors (Lipinski definition) is 3. The molecule has 0 radical (unpaired) electrons. The van der Waals surface area contributed by atoms with Crippen molar-refractivity contribution < 1.29 is 19.5 Å². The monoisotopic (exact) mass is 346 g/mol. The van der Waals surface area contributed by atoms with Crippen molar-refractivity contribution in [2.24, 2.45) is 0 Å². The van der Waals surface area contributed by atoms with E-state index < -0.39 is 17.9 Å². The summed E-state index contributed by atoms with van der Waals surface area (Å²) in [7, 11) is 0. The lowest BCUT2D eigenvalue weighted by molar-refractivity contribution is -0.142. The molecule has 0 saturated carbocycles. The number of rotatable bonds is 11. The highest BCUT2D eigenvalue weighted by atomic mass is 16.4. The number of nitrogens with one attached hydrogen (secondary N) is 2. The summed E-state index contributed by atoms with van der Waals surface area (Å²) in [5.41, 5.74) is 0.980. The summed E-state index contributed by atoms with van der Waals surface area (Å²) < 4.78 is 0. The third-order valence-corrected chi connectivity index (χ3v) is 3.79. The van der Waals surface area contributed by atoms with Gasteiger partial charge in [-0.05, 0) is 31.7 Å². The second kappa shape index (κ2) is 11.0. The average Bonchev–Trinajstić information content (AvgIpc) is 2.59. The van der Waals surface area contributed by atoms with Gasteiger partial charge in [-0.15, -0.1) is 6.58 Å². The molecule has 1 aromatic carbocycles. The van der Waals surface area contributed by atoms with Crippen LogP contribution in [0.1, 0.15) is 50.6 Å². The van der Waals surface area contributed by atoms with Crippen molar-refractivity contribution in [3.05, 3.63) is 48.6 Å². The Balaban J connectivity index is 2.37. The van der Waals surface area contributed by atoms with Crippen LogP contribution in [0.4, 0.5) is 0 Å². The summed E-state index contributed by atoms with van der Waals surface area (Å²) >= 11 is 0. The Morgan fingerprint density at radius 1 is 1.12 bits per heavy atom. The second-order valence-electron chi connectivity index (χ2n) is 5.88. The zero-order valence-corrected chi connectivity index (χ0v) is 14.5. The lowest BCUT2D eigenvalue weighted by atomic mass is 10.1. The quantitative estimate of drug-likeness (QED) is 0.424. The van der Waals surface area contributed by atoms with E-state index in [1.54, 1.807) is 6.08 Å². The van der Waals surface area contributed by atoms with Gasteiger partial charge in [0.15, 0.2) is 0 Å². The molecule has 0 aliphatic rings. The van der Waals surface area contributed by atoms with Crippen molar-refractivity contribution >= 4 is 17.8 Å². The van der Waals surface area contributed by atoms with E-state index in [1.165, 1.54) is 0 Å². The smallest absolute Gasteiger partial charge is 0.326 e. The highest BCUT2D eigenvalue weighted by Crippen LogP contribution is 2.11. The van der Waals surface area contributed by atoms with Crippen molar-refractivity contribution in [1.29, 1.82) is 0 Å². The zero-order chi connectivity index (χ0) is 18.7. The molecule has 25 heavy (non-hydrogen) atoms. The van der Waals surface area contributed by atoms with Crippen LogP contribution in [0.2, 0.25) is 0 Å². The summed E-state index contributed by atoms with van der Waals surface area (Å²) in [4.78, 5) is 35.0. The Morgan fingerprint density at radius 3 is 2.28 bits per heavy atom. The van der Waals surface area contributed by atoms with Gasteiger partial charge in [0.05, 0.1) is 6.04 Å². The normalized spacial score (nSPS) is 12.7. The molecule has 2 atom stereocenters. The molecular formula is C19H26N2O4. The van der Waals surface area contributed by atoms with Crippen LogP contribution in [-0.4, -0.2) is 28.9 Å². The predicted octanol–water partition coefficient (Wildman–Crippen LogP) is 2.57. The van der Waals surface area contributed by atoms with Crippen LogP contribution in [0.3, 0.4) is 0 Å². The van der Waals surface area contributed by atoms with Crippen LogP contribution >= 0.6 is 0 Å². The van der Waals surface area contributed by atoms with Crippen LogP contribution in [0.25, 0.3) is 0 Å². The Kier molecular flexibility index (Phi) is 9.00. The molecule has 0 fully saturated rings. The molecule has 6 heteroatoms. The van der Waals surface area contributed by atoms with Crippen LogP contribution in [-0.2, 0) is 14.4 Å². The average molecular weight is 346 g/mol. The number of carboxylic acid groups (broad SMARTS) is 1. The summed E-state index contributed by atoms with van der Waals surface area (Å²) in [6.07, 6.45) is 3.35. The van der Waals surface area contributed by atoms with E-state index in [9.17, 15) is 14.4 Å². The number of hydrogen-bond donors (Lipinski definition) is 3. The molecule has 136 valence electrons. The zero-order valence-electron chi connectivity index (χ0n) is 14.5. The van der Waals surface area contributed by atoms with Gasteiger partial charge in [0.1, 0.15) is 6.04 Å². The second-order valence-corrected chi connectivity index (χ2v) is 5.88. The van der Waals surface area contributed by atoms with Crippen molar-refractivity contribution in [3.63, 3.8) is 0 Å². The van der Waals surface area contributed by atoms with Gasteiger partial charge in [0.2, 0.25) is 11.8 Å². The standard InChI is InChI=1S/C19H26N2O4/c1-3-4-6-11-16(19(24)25)21-18(23)13-12-17(22)20-14(2)15-9-7-5-8-10-15/h3,5,7-10,14,16H,1,4,6,11-13H2,2H3,(H,20,22)(H,21,23)(H,24,25)/t14-,16+/m1/s1. The van der Waals surface area contributed by atoms with Crippen LogP contribution in [0, 0.1) is 0 Å². The van der Waals surface area contributed by atoms with Gasteiger partial charge in [-0.2, -0.15) is 0 Å². The highest BCUT2D eigenvalue weighted by Gasteiger charge is 2.19. The van der Waals surface area contributed by atoms with Gasteiger partial charge in [-0.3, -0.25) is 9.59 Å². The SMILES string of the molecule is C=CCCC[C@H](NC(=O)CCC(=O)N[C@H](C)c1ccccc1)C(=O)O. The largest absolute Gasteiger partial charge is 0.480 e. The van der Waals surface area contributed by atoms with E-state index in [-0.39, 0.29) is 24.8 Å². The lowest BCUT2D eigenvalue weighted by Crippen LogP contribution is -2.41. The Morgan fingerprint density at radius 2 is 1.72 bits per heavy atom. The molecule has 1 rings (SSSR count). The maximum absolute atomic E-state index is 11.9. The van der Waals surface area contributed by atoms with Crippen molar-refractivity contribution in [1.82, 2.24) is 10.6 Å². The van der Waals surface area contributed by atoms with E-state index in [4.69, 9.17) is 5.11 Å². The fourth-order valence-electron chi connectivity index (χ4n) is 2.36. The molecule has 0 aliphatic heterocycles. The summed E-state index contributed by atoms with van der Waals surface area (Å²) in [5, 5.41) is 14.4. The molecule has 0 spiro atoms. The lowest BCUT2D eigenvalue weighted by Gasteiger charge is -2.15. The summed E-state index contributed by atoms with van der Waals surface area (Å²) in [6.45, 7) is 5.45. The number of allylic oxidation sites excluding steroid dienone is 1.